The van der Waals surface area contributed by atoms with Crippen LogP contribution >= 0.6 is 0 Å². The number of pyridine rings is 1. The molecular formula is C29H32N8O3. The van der Waals surface area contributed by atoms with E-state index in [1.807, 2.05) is 18.0 Å². The smallest absolute Gasteiger partial charge is 0.354 e. The molecule has 0 radical (unpaired) electrons. The number of carboxylic acid groups (broad SMARTS) is 1. The van der Waals surface area contributed by atoms with Gasteiger partial charge in [0.05, 0.1) is 11.9 Å². The predicted octanol–water partition coefficient (Wildman–Crippen LogP) is 3.09. The standard InChI is InChI=1S/C29H32N8O3/c1-19-16-22(36-15-11-29(2,18-36)20-6-4-3-5-7-20)17-37-25(19)33-24(34-37)26(38)31-21-9-13-35(14-10-21)28-30-12-8-23(32-28)27(39)40/h3-8,12,16-17,21H,9-11,13-15,18H2,1-2H3,(H,31,38)(H,39,40)/t29-/m0/s1. The van der Waals surface area contributed by atoms with Crippen LogP contribution in [-0.2, 0) is 5.41 Å². The Morgan fingerprint density at radius 3 is 2.58 bits per heavy atom. The number of carbonyl (C=O) groups is 2. The van der Waals surface area contributed by atoms with E-state index in [0.29, 0.717) is 37.5 Å². The summed E-state index contributed by atoms with van der Waals surface area (Å²) in [6.07, 6.45) is 5.84. The van der Waals surface area contributed by atoms with Crippen LogP contribution < -0.4 is 15.1 Å². The lowest BCUT2D eigenvalue weighted by Gasteiger charge is -2.32. The van der Waals surface area contributed by atoms with Crippen molar-refractivity contribution < 1.29 is 14.7 Å². The first-order chi connectivity index (χ1) is 19.3. The number of hydrogen-bond donors (Lipinski definition) is 2. The minimum atomic E-state index is -1.08. The number of nitrogens with one attached hydrogen (secondary N) is 1. The van der Waals surface area contributed by atoms with Crippen LogP contribution in [-0.4, -0.2) is 73.8 Å². The third-order valence-corrected chi connectivity index (χ3v) is 8.09. The number of rotatable bonds is 6. The molecule has 1 atom stereocenters. The van der Waals surface area contributed by atoms with E-state index in [9.17, 15) is 14.7 Å². The van der Waals surface area contributed by atoms with E-state index in [2.05, 4.69) is 73.6 Å². The molecule has 2 saturated heterocycles. The molecule has 11 heteroatoms. The fourth-order valence-electron chi connectivity index (χ4n) is 5.75. The van der Waals surface area contributed by atoms with E-state index >= 15 is 0 Å². The number of piperidine rings is 1. The van der Waals surface area contributed by atoms with Crippen LogP contribution in [0.25, 0.3) is 5.65 Å². The number of fused-ring (bicyclic) bond motifs is 1. The number of hydrogen-bond acceptors (Lipinski definition) is 8. The molecule has 2 aliphatic rings. The maximum absolute atomic E-state index is 13.1. The molecule has 11 nitrogen and oxygen atoms in total. The molecule has 2 N–H and O–H groups in total. The minimum absolute atomic E-state index is 0.0354. The van der Waals surface area contributed by atoms with E-state index < -0.39 is 5.97 Å². The second-order valence-corrected chi connectivity index (χ2v) is 11.0. The van der Waals surface area contributed by atoms with Crippen molar-refractivity contribution in [3.63, 3.8) is 0 Å². The number of carboxylic acids is 1. The number of aryl methyl sites for hydroxylation is 1. The second-order valence-electron chi connectivity index (χ2n) is 11.0. The molecule has 206 valence electrons. The van der Waals surface area contributed by atoms with Gasteiger partial charge < -0.3 is 20.2 Å². The molecule has 5 heterocycles. The van der Waals surface area contributed by atoms with Gasteiger partial charge in [0, 0.05) is 43.8 Å². The highest BCUT2D eigenvalue weighted by Gasteiger charge is 2.35. The molecule has 1 aromatic carbocycles. The molecule has 2 aliphatic heterocycles. The maximum Gasteiger partial charge on any atom is 0.354 e. The first-order valence-electron chi connectivity index (χ1n) is 13.6. The van der Waals surface area contributed by atoms with Crippen molar-refractivity contribution in [2.75, 3.05) is 36.0 Å². The largest absolute Gasteiger partial charge is 0.477 e. The number of benzene rings is 1. The monoisotopic (exact) mass is 540 g/mol. The zero-order valence-corrected chi connectivity index (χ0v) is 22.6. The molecule has 0 saturated carbocycles. The maximum atomic E-state index is 13.1. The summed E-state index contributed by atoms with van der Waals surface area (Å²) in [6, 6.07) is 14.1. The van der Waals surface area contributed by atoms with Gasteiger partial charge in [0.25, 0.3) is 5.91 Å². The van der Waals surface area contributed by atoms with Crippen LogP contribution in [0, 0.1) is 6.92 Å². The molecule has 0 spiro atoms. The van der Waals surface area contributed by atoms with E-state index in [0.717, 1.165) is 30.8 Å². The van der Waals surface area contributed by atoms with Gasteiger partial charge in [-0.1, -0.05) is 37.3 Å². The molecule has 0 unspecified atom stereocenters. The average molecular weight is 541 g/mol. The number of carbonyl (C=O) groups excluding carboxylic acids is 1. The van der Waals surface area contributed by atoms with Gasteiger partial charge in [0.15, 0.2) is 11.3 Å². The zero-order chi connectivity index (χ0) is 27.9. The Balaban J connectivity index is 1.11. The van der Waals surface area contributed by atoms with Gasteiger partial charge in [-0.15, -0.1) is 5.10 Å². The lowest BCUT2D eigenvalue weighted by molar-refractivity contribution is 0.0690. The number of amides is 1. The van der Waals surface area contributed by atoms with Gasteiger partial charge in [0.1, 0.15) is 0 Å². The topological polar surface area (TPSA) is 129 Å². The Kier molecular flexibility index (Phi) is 6.57. The number of nitrogens with zero attached hydrogens (tertiary/aromatic N) is 7. The van der Waals surface area contributed by atoms with Crippen LogP contribution in [0.1, 0.15) is 58.4 Å². The van der Waals surface area contributed by atoms with E-state index in [1.54, 1.807) is 4.52 Å². The second kappa shape index (κ2) is 10.2. The Bertz CT molecular complexity index is 1560. The molecule has 2 fully saturated rings. The molecule has 0 aliphatic carbocycles. The van der Waals surface area contributed by atoms with Crippen LogP contribution in [0.4, 0.5) is 11.6 Å². The van der Waals surface area contributed by atoms with Gasteiger partial charge in [-0.2, -0.15) is 0 Å². The van der Waals surface area contributed by atoms with Crippen LogP contribution in [0.15, 0.2) is 54.9 Å². The first kappa shape index (κ1) is 25.7. The molecule has 4 aromatic rings. The summed E-state index contributed by atoms with van der Waals surface area (Å²) in [5, 5.41) is 16.8. The van der Waals surface area contributed by atoms with Crippen LogP contribution in [0.2, 0.25) is 0 Å². The van der Waals surface area contributed by atoms with Crippen molar-refractivity contribution in [1.82, 2.24) is 29.9 Å². The Morgan fingerprint density at radius 2 is 1.82 bits per heavy atom. The highest BCUT2D eigenvalue weighted by molar-refractivity contribution is 5.91. The average Bonchev–Trinajstić information content (AvgIpc) is 3.59. The Labute approximate surface area is 231 Å². The fraction of sp³-hybridized carbons (Fsp3) is 0.379. The molecule has 1 amide bonds. The van der Waals surface area contributed by atoms with Crippen molar-refractivity contribution in [3.8, 4) is 0 Å². The van der Waals surface area contributed by atoms with Crippen molar-refractivity contribution >= 4 is 29.2 Å². The predicted molar refractivity (Wildman–Crippen MR) is 150 cm³/mol. The Morgan fingerprint density at radius 1 is 1.05 bits per heavy atom. The van der Waals surface area contributed by atoms with Gasteiger partial charge >= 0.3 is 5.97 Å². The van der Waals surface area contributed by atoms with Gasteiger partial charge in [-0.3, -0.25) is 4.79 Å². The molecular weight excluding hydrogens is 508 g/mol. The van der Waals surface area contributed by atoms with Crippen LogP contribution in [0.3, 0.4) is 0 Å². The highest BCUT2D eigenvalue weighted by atomic mass is 16.4. The quantitative estimate of drug-likeness (QED) is 0.379. The van der Waals surface area contributed by atoms with E-state index in [1.165, 1.54) is 17.8 Å². The number of aromatic carboxylic acids is 1. The fourth-order valence-corrected chi connectivity index (χ4v) is 5.75. The van der Waals surface area contributed by atoms with Gasteiger partial charge in [0.2, 0.25) is 11.8 Å². The van der Waals surface area contributed by atoms with Gasteiger partial charge in [-0.25, -0.2) is 24.3 Å². The summed E-state index contributed by atoms with van der Waals surface area (Å²) in [7, 11) is 0. The summed E-state index contributed by atoms with van der Waals surface area (Å²) in [5.41, 5.74) is 4.11. The van der Waals surface area contributed by atoms with Gasteiger partial charge in [-0.05, 0) is 49.4 Å². The SMILES string of the molecule is Cc1cc(N2CC[C@](C)(c3ccccc3)C2)cn2nc(C(=O)NC3CCN(c4nccc(C(=O)O)n4)CC3)nc12. The summed E-state index contributed by atoms with van der Waals surface area (Å²) < 4.78 is 1.72. The molecule has 6 rings (SSSR count). The van der Waals surface area contributed by atoms with E-state index in [4.69, 9.17) is 0 Å². The summed E-state index contributed by atoms with van der Waals surface area (Å²) >= 11 is 0. The lowest BCUT2D eigenvalue weighted by atomic mass is 9.82. The Hall–Kier alpha value is -4.54. The van der Waals surface area contributed by atoms with E-state index in [-0.39, 0.29) is 28.9 Å². The third-order valence-electron chi connectivity index (χ3n) is 8.09. The molecule has 0 bridgehead atoms. The van der Waals surface area contributed by atoms with Crippen LogP contribution in [0.5, 0.6) is 0 Å². The number of aromatic nitrogens is 5. The zero-order valence-electron chi connectivity index (χ0n) is 22.6. The molecule has 3 aromatic heterocycles. The summed E-state index contributed by atoms with van der Waals surface area (Å²) in [5.74, 6) is -0.847. The van der Waals surface area contributed by atoms with Crippen molar-refractivity contribution in [1.29, 1.82) is 0 Å². The first-order valence-corrected chi connectivity index (χ1v) is 13.6. The van der Waals surface area contributed by atoms with Crippen molar-refractivity contribution in [3.05, 3.63) is 77.5 Å². The normalized spacial score (nSPS) is 19.8. The van der Waals surface area contributed by atoms with Crippen molar-refractivity contribution in [2.24, 2.45) is 0 Å². The lowest BCUT2D eigenvalue weighted by Crippen LogP contribution is -2.45. The summed E-state index contributed by atoms with van der Waals surface area (Å²) in [6.45, 7) is 7.38. The third kappa shape index (κ3) is 4.94. The molecule has 40 heavy (non-hydrogen) atoms. The highest BCUT2D eigenvalue weighted by Crippen LogP contribution is 2.36. The summed E-state index contributed by atoms with van der Waals surface area (Å²) in [4.78, 5) is 41.5. The van der Waals surface area contributed by atoms with Crippen molar-refractivity contribution in [2.45, 2.75) is 44.6 Å². The minimum Gasteiger partial charge on any atom is -0.477 e. The number of anilines is 2.